The van der Waals surface area contributed by atoms with E-state index in [9.17, 15) is 14.4 Å². The number of nitrogens with one attached hydrogen (secondary N) is 2. The highest BCUT2D eigenvalue weighted by molar-refractivity contribution is 6.05. The molecule has 126 valence electrons. The molecule has 0 radical (unpaired) electrons. The highest BCUT2D eigenvalue weighted by Crippen LogP contribution is 2.28. The molecule has 2 fully saturated rings. The largest absolute Gasteiger partial charge is 0.322 e. The quantitative estimate of drug-likeness (QED) is 0.794. The number of nitrogens with zero attached hydrogens (tertiary/aromatic N) is 1. The van der Waals surface area contributed by atoms with Crippen molar-refractivity contribution in [2.45, 2.75) is 38.3 Å². The van der Waals surface area contributed by atoms with E-state index in [2.05, 4.69) is 16.7 Å². The number of fused-ring (bicyclic) bond motifs is 1. The second-order valence-corrected chi connectivity index (χ2v) is 6.95. The van der Waals surface area contributed by atoms with Gasteiger partial charge in [0, 0.05) is 18.5 Å². The number of hydrogen-bond acceptors (Lipinski definition) is 4. The number of carbonyl (C=O) groups is 3. The number of rotatable bonds is 4. The maximum Gasteiger partial charge on any atom is 0.255 e. The van der Waals surface area contributed by atoms with Crippen LogP contribution in [0.2, 0.25) is 0 Å². The first-order valence-electron chi connectivity index (χ1n) is 8.59. The SMILES string of the molecule is O=C1CCC(N2Cc3cc(CCC4CNC4)ccc3C2=O)C(=O)N1. The molecule has 24 heavy (non-hydrogen) atoms. The molecule has 3 amide bonds. The van der Waals surface area contributed by atoms with Gasteiger partial charge < -0.3 is 10.2 Å². The summed E-state index contributed by atoms with van der Waals surface area (Å²) in [4.78, 5) is 37.5. The maximum absolute atomic E-state index is 12.6. The Bertz CT molecular complexity index is 711. The van der Waals surface area contributed by atoms with Crippen molar-refractivity contribution < 1.29 is 14.4 Å². The summed E-state index contributed by atoms with van der Waals surface area (Å²) in [5.74, 6) is 0.0485. The number of imide groups is 1. The van der Waals surface area contributed by atoms with E-state index >= 15 is 0 Å². The van der Waals surface area contributed by atoms with Crippen LogP contribution in [0.3, 0.4) is 0 Å². The molecule has 0 bridgehead atoms. The molecule has 4 rings (SSSR count). The standard InChI is InChI=1S/C18H21N3O3/c22-16-6-5-15(17(23)20-16)21-10-13-7-11(1-2-12-8-19-9-12)3-4-14(13)18(21)24/h3-4,7,12,15,19H,1-2,5-6,8-10H2,(H,20,22,23). The molecule has 3 aliphatic heterocycles. The van der Waals surface area contributed by atoms with E-state index in [0.717, 1.165) is 37.4 Å². The van der Waals surface area contributed by atoms with Gasteiger partial charge in [0.25, 0.3) is 5.91 Å². The van der Waals surface area contributed by atoms with Gasteiger partial charge in [0.2, 0.25) is 11.8 Å². The van der Waals surface area contributed by atoms with Crippen LogP contribution >= 0.6 is 0 Å². The van der Waals surface area contributed by atoms with Gasteiger partial charge in [0.1, 0.15) is 6.04 Å². The molecule has 6 nitrogen and oxygen atoms in total. The molecule has 2 saturated heterocycles. The van der Waals surface area contributed by atoms with Gasteiger partial charge in [-0.1, -0.05) is 12.1 Å². The van der Waals surface area contributed by atoms with Gasteiger partial charge in [0.15, 0.2) is 0 Å². The normalized spacial score (nSPS) is 23.9. The van der Waals surface area contributed by atoms with Gasteiger partial charge >= 0.3 is 0 Å². The number of aryl methyl sites for hydroxylation is 1. The van der Waals surface area contributed by atoms with Crippen LogP contribution in [0.5, 0.6) is 0 Å². The summed E-state index contributed by atoms with van der Waals surface area (Å²) in [5, 5.41) is 5.61. The van der Waals surface area contributed by atoms with Crippen molar-refractivity contribution in [3.05, 3.63) is 34.9 Å². The van der Waals surface area contributed by atoms with Crippen molar-refractivity contribution in [2.24, 2.45) is 5.92 Å². The van der Waals surface area contributed by atoms with Crippen LogP contribution in [0.4, 0.5) is 0 Å². The Morgan fingerprint density at radius 2 is 2.00 bits per heavy atom. The number of benzene rings is 1. The molecule has 0 spiro atoms. The second-order valence-electron chi connectivity index (χ2n) is 6.95. The summed E-state index contributed by atoms with van der Waals surface area (Å²) in [6.45, 7) is 2.67. The minimum absolute atomic E-state index is 0.103. The smallest absolute Gasteiger partial charge is 0.255 e. The van der Waals surface area contributed by atoms with Crippen LogP contribution < -0.4 is 10.6 Å². The lowest BCUT2D eigenvalue weighted by Gasteiger charge is -2.29. The number of hydrogen-bond donors (Lipinski definition) is 2. The maximum atomic E-state index is 12.6. The van der Waals surface area contributed by atoms with Crippen LogP contribution in [0.1, 0.15) is 40.7 Å². The first kappa shape index (κ1) is 15.3. The van der Waals surface area contributed by atoms with E-state index in [0.29, 0.717) is 18.5 Å². The summed E-state index contributed by atoms with van der Waals surface area (Å²) < 4.78 is 0. The Morgan fingerprint density at radius 3 is 2.71 bits per heavy atom. The fourth-order valence-corrected chi connectivity index (χ4v) is 3.71. The lowest BCUT2D eigenvalue weighted by molar-refractivity contribution is -0.136. The third kappa shape index (κ3) is 2.71. The molecule has 3 heterocycles. The van der Waals surface area contributed by atoms with E-state index in [1.807, 2.05) is 12.1 Å². The topological polar surface area (TPSA) is 78.5 Å². The molecule has 1 atom stereocenters. The summed E-state index contributed by atoms with van der Waals surface area (Å²) in [6, 6.07) is 5.48. The van der Waals surface area contributed by atoms with Crippen LogP contribution in [0, 0.1) is 5.92 Å². The van der Waals surface area contributed by atoms with E-state index in [1.165, 1.54) is 5.56 Å². The van der Waals surface area contributed by atoms with E-state index in [4.69, 9.17) is 0 Å². The summed E-state index contributed by atoms with van der Waals surface area (Å²) in [7, 11) is 0. The zero-order valence-corrected chi connectivity index (χ0v) is 13.5. The molecule has 2 N–H and O–H groups in total. The minimum Gasteiger partial charge on any atom is -0.322 e. The highest BCUT2D eigenvalue weighted by atomic mass is 16.2. The Morgan fingerprint density at radius 1 is 1.17 bits per heavy atom. The number of carbonyl (C=O) groups excluding carboxylic acids is 3. The Balaban J connectivity index is 1.47. The van der Waals surface area contributed by atoms with Gasteiger partial charge in [0.05, 0.1) is 0 Å². The molecule has 1 unspecified atom stereocenters. The molecule has 6 heteroatoms. The third-order valence-corrected chi connectivity index (χ3v) is 5.30. The first-order valence-corrected chi connectivity index (χ1v) is 8.59. The number of piperidine rings is 1. The van der Waals surface area contributed by atoms with Crippen molar-refractivity contribution in [1.29, 1.82) is 0 Å². The van der Waals surface area contributed by atoms with E-state index in [1.54, 1.807) is 4.90 Å². The lowest BCUT2D eigenvalue weighted by atomic mass is 9.94. The predicted octanol–water partition coefficient (Wildman–Crippen LogP) is 0.600. The van der Waals surface area contributed by atoms with E-state index < -0.39 is 6.04 Å². The van der Waals surface area contributed by atoms with Gasteiger partial charge in [-0.15, -0.1) is 0 Å². The molecule has 0 aliphatic carbocycles. The zero-order valence-electron chi connectivity index (χ0n) is 13.5. The van der Waals surface area contributed by atoms with Crippen molar-refractivity contribution in [1.82, 2.24) is 15.5 Å². The van der Waals surface area contributed by atoms with Crippen LogP contribution in [-0.2, 0) is 22.6 Å². The van der Waals surface area contributed by atoms with E-state index in [-0.39, 0.29) is 24.1 Å². The van der Waals surface area contributed by atoms with Crippen LogP contribution in [-0.4, -0.2) is 41.8 Å². The molecule has 0 saturated carbocycles. The van der Waals surface area contributed by atoms with Crippen molar-refractivity contribution in [2.75, 3.05) is 13.1 Å². The van der Waals surface area contributed by atoms with Crippen molar-refractivity contribution >= 4 is 17.7 Å². The highest BCUT2D eigenvalue weighted by Gasteiger charge is 2.39. The zero-order chi connectivity index (χ0) is 16.7. The molecule has 0 aromatic heterocycles. The van der Waals surface area contributed by atoms with Crippen molar-refractivity contribution in [3.8, 4) is 0 Å². The van der Waals surface area contributed by atoms with Gasteiger partial charge in [-0.2, -0.15) is 0 Å². The second kappa shape index (κ2) is 6.02. The fourth-order valence-electron chi connectivity index (χ4n) is 3.71. The molecule has 1 aromatic rings. The minimum atomic E-state index is -0.535. The average molecular weight is 327 g/mol. The number of amides is 3. The Hall–Kier alpha value is -2.21. The summed E-state index contributed by atoms with van der Waals surface area (Å²) >= 11 is 0. The summed E-state index contributed by atoms with van der Waals surface area (Å²) in [5.41, 5.74) is 2.93. The van der Waals surface area contributed by atoms with Crippen LogP contribution in [0.15, 0.2) is 18.2 Å². The van der Waals surface area contributed by atoms with Gasteiger partial charge in [-0.3, -0.25) is 19.7 Å². The first-order chi connectivity index (χ1) is 11.6. The lowest BCUT2D eigenvalue weighted by Crippen LogP contribution is -2.52. The Labute approximate surface area is 140 Å². The average Bonchev–Trinajstić information content (AvgIpc) is 2.82. The molecular weight excluding hydrogens is 306 g/mol. The third-order valence-electron chi connectivity index (χ3n) is 5.30. The van der Waals surface area contributed by atoms with Crippen LogP contribution in [0.25, 0.3) is 0 Å². The molecule has 3 aliphatic rings. The monoisotopic (exact) mass is 327 g/mol. The van der Waals surface area contributed by atoms with Gasteiger partial charge in [-0.05, 0) is 55.5 Å². The van der Waals surface area contributed by atoms with Gasteiger partial charge in [-0.25, -0.2) is 0 Å². The molecular formula is C18H21N3O3. The van der Waals surface area contributed by atoms with Crippen molar-refractivity contribution in [3.63, 3.8) is 0 Å². The summed E-state index contributed by atoms with van der Waals surface area (Å²) in [6.07, 6.45) is 2.88. The molecule has 1 aromatic carbocycles. The fraction of sp³-hybridized carbons (Fsp3) is 0.500. The Kier molecular flexibility index (Phi) is 3.84. The predicted molar refractivity (Wildman–Crippen MR) is 87.2 cm³/mol.